The largest absolute Gasteiger partial charge is 0.387 e. The van der Waals surface area contributed by atoms with Crippen LogP contribution in [0.3, 0.4) is 0 Å². The first kappa shape index (κ1) is 7.45. The Balaban J connectivity index is 2.06. The van der Waals surface area contributed by atoms with E-state index in [9.17, 15) is 5.11 Å². The quantitative estimate of drug-likeness (QED) is 0.377. The minimum Gasteiger partial charge on any atom is -0.387 e. The maximum Gasteiger partial charge on any atom is 0.184 e. The summed E-state index contributed by atoms with van der Waals surface area (Å²) >= 11 is 0. The molecule has 0 aliphatic carbocycles. The first-order valence-corrected chi connectivity index (χ1v) is 3.51. The number of hydrogen-bond donors (Lipinski definition) is 3. The highest BCUT2D eigenvalue weighted by molar-refractivity contribution is 4.94. The minimum absolute atomic E-state index is 0.261. The van der Waals surface area contributed by atoms with Crippen molar-refractivity contribution in [1.29, 1.82) is 0 Å². The lowest BCUT2D eigenvalue weighted by molar-refractivity contribution is -0.341. The SMILES string of the molecule is O[C@@H]1[C@@H](O)[C@H](O)O[C@@H]2CO[C@@H]12. The summed E-state index contributed by atoms with van der Waals surface area (Å²) in [5.74, 6) is 0. The van der Waals surface area contributed by atoms with Crippen molar-refractivity contribution in [2.45, 2.75) is 30.7 Å². The van der Waals surface area contributed by atoms with E-state index in [-0.39, 0.29) is 6.10 Å². The van der Waals surface area contributed by atoms with Crippen LogP contribution in [-0.2, 0) is 9.47 Å². The van der Waals surface area contributed by atoms with Crippen molar-refractivity contribution in [3.8, 4) is 0 Å². The predicted molar refractivity (Wildman–Crippen MR) is 32.6 cm³/mol. The summed E-state index contributed by atoms with van der Waals surface area (Å²) < 4.78 is 9.81. The van der Waals surface area contributed by atoms with E-state index >= 15 is 0 Å². The summed E-state index contributed by atoms with van der Waals surface area (Å²) in [6.07, 6.45) is -4.29. The number of fused-ring (bicyclic) bond motifs is 1. The van der Waals surface area contributed by atoms with Gasteiger partial charge >= 0.3 is 0 Å². The van der Waals surface area contributed by atoms with Crippen LogP contribution < -0.4 is 0 Å². The predicted octanol–water partition coefficient (Wildman–Crippen LogP) is -2.18. The molecule has 2 fully saturated rings. The third-order valence-corrected chi connectivity index (χ3v) is 2.11. The molecule has 0 radical (unpaired) electrons. The molecule has 11 heavy (non-hydrogen) atoms. The van der Waals surface area contributed by atoms with E-state index in [1.54, 1.807) is 0 Å². The normalized spacial score (nSPS) is 56.5. The van der Waals surface area contributed by atoms with Gasteiger partial charge in [-0.2, -0.15) is 0 Å². The summed E-state index contributed by atoms with van der Waals surface area (Å²) in [7, 11) is 0. The molecule has 0 bridgehead atoms. The van der Waals surface area contributed by atoms with Gasteiger partial charge in [0, 0.05) is 0 Å². The average molecular weight is 162 g/mol. The van der Waals surface area contributed by atoms with Crippen molar-refractivity contribution in [2.75, 3.05) is 6.61 Å². The molecule has 64 valence electrons. The molecule has 0 unspecified atom stereocenters. The van der Waals surface area contributed by atoms with Gasteiger partial charge in [0.25, 0.3) is 0 Å². The number of aliphatic hydroxyl groups is 3. The summed E-state index contributed by atoms with van der Waals surface area (Å²) in [5.41, 5.74) is 0. The zero-order valence-electron chi connectivity index (χ0n) is 5.75. The Hall–Kier alpha value is -0.200. The molecule has 0 aromatic heterocycles. The van der Waals surface area contributed by atoms with E-state index in [1.807, 2.05) is 0 Å². The maximum absolute atomic E-state index is 9.22. The molecule has 2 saturated heterocycles. The molecule has 0 spiro atoms. The Labute approximate surface area is 63.2 Å². The van der Waals surface area contributed by atoms with Crippen LogP contribution in [0.1, 0.15) is 0 Å². The second-order valence-corrected chi connectivity index (χ2v) is 2.84. The van der Waals surface area contributed by atoms with Crippen LogP contribution >= 0.6 is 0 Å². The Bertz CT molecular complexity index is 155. The molecule has 5 heteroatoms. The van der Waals surface area contributed by atoms with Gasteiger partial charge < -0.3 is 24.8 Å². The molecule has 2 aliphatic heterocycles. The highest BCUT2D eigenvalue weighted by Crippen LogP contribution is 2.28. The molecular formula is C6H10O5. The molecule has 0 aromatic rings. The van der Waals surface area contributed by atoms with Gasteiger partial charge in [-0.15, -0.1) is 0 Å². The molecule has 2 aliphatic rings. The van der Waals surface area contributed by atoms with Gasteiger partial charge in [0.1, 0.15) is 24.4 Å². The molecule has 2 rings (SSSR count). The van der Waals surface area contributed by atoms with Gasteiger partial charge in [0.05, 0.1) is 6.61 Å². The average Bonchev–Trinajstić information content (AvgIpc) is 1.93. The fourth-order valence-corrected chi connectivity index (χ4v) is 1.34. The maximum atomic E-state index is 9.22. The van der Waals surface area contributed by atoms with Gasteiger partial charge in [0.15, 0.2) is 6.29 Å². The first-order valence-electron chi connectivity index (χ1n) is 3.51. The van der Waals surface area contributed by atoms with Crippen LogP contribution in [0.15, 0.2) is 0 Å². The summed E-state index contributed by atoms with van der Waals surface area (Å²) in [6, 6.07) is 0. The van der Waals surface area contributed by atoms with E-state index in [0.29, 0.717) is 6.61 Å². The van der Waals surface area contributed by atoms with Crippen molar-refractivity contribution in [3.05, 3.63) is 0 Å². The highest BCUT2D eigenvalue weighted by atomic mass is 16.7. The number of rotatable bonds is 0. The Morgan fingerprint density at radius 2 is 1.82 bits per heavy atom. The van der Waals surface area contributed by atoms with Crippen LogP contribution in [0.5, 0.6) is 0 Å². The first-order chi connectivity index (χ1) is 5.20. The van der Waals surface area contributed by atoms with E-state index in [2.05, 4.69) is 0 Å². The molecule has 2 heterocycles. The van der Waals surface area contributed by atoms with Gasteiger partial charge in [-0.1, -0.05) is 0 Å². The van der Waals surface area contributed by atoms with Crippen LogP contribution in [0.2, 0.25) is 0 Å². The van der Waals surface area contributed by atoms with Crippen LogP contribution in [0, 0.1) is 0 Å². The zero-order chi connectivity index (χ0) is 8.01. The van der Waals surface area contributed by atoms with Gasteiger partial charge in [0.2, 0.25) is 0 Å². The smallest absolute Gasteiger partial charge is 0.184 e. The molecule has 0 amide bonds. The molecule has 0 saturated carbocycles. The monoisotopic (exact) mass is 162 g/mol. The van der Waals surface area contributed by atoms with Crippen molar-refractivity contribution < 1.29 is 24.8 Å². The van der Waals surface area contributed by atoms with E-state index in [1.165, 1.54) is 0 Å². The van der Waals surface area contributed by atoms with Crippen molar-refractivity contribution in [2.24, 2.45) is 0 Å². The highest BCUT2D eigenvalue weighted by Gasteiger charge is 2.49. The topological polar surface area (TPSA) is 79.2 Å². The number of hydrogen-bond acceptors (Lipinski definition) is 5. The van der Waals surface area contributed by atoms with Gasteiger partial charge in [-0.05, 0) is 0 Å². The summed E-state index contributed by atoms with van der Waals surface area (Å²) in [4.78, 5) is 0. The Kier molecular flexibility index (Phi) is 1.62. The lowest BCUT2D eigenvalue weighted by atomic mass is 9.95. The second kappa shape index (κ2) is 2.40. The standard InChI is InChI=1S/C6H10O5/c7-3-4(8)6(9)11-2-1-10-5(2)3/h2-9H,1H2/t2-,3-,4-,5-,6-/m1/s1. The van der Waals surface area contributed by atoms with Crippen molar-refractivity contribution in [1.82, 2.24) is 0 Å². The van der Waals surface area contributed by atoms with Crippen LogP contribution in [0.4, 0.5) is 0 Å². The van der Waals surface area contributed by atoms with Crippen molar-refractivity contribution >= 4 is 0 Å². The third-order valence-electron chi connectivity index (χ3n) is 2.11. The zero-order valence-corrected chi connectivity index (χ0v) is 5.75. The lowest BCUT2D eigenvalue weighted by Crippen LogP contribution is -2.65. The van der Waals surface area contributed by atoms with Gasteiger partial charge in [-0.25, -0.2) is 0 Å². The molecule has 5 nitrogen and oxygen atoms in total. The summed E-state index contributed by atoms with van der Waals surface area (Å²) in [5, 5.41) is 27.3. The van der Waals surface area contributed by atoms with E-state index in [0.717, 1.165) is 0 Å². The molecule has 0 aromatic carbocycles. The van der Waals surface area contributed by atoms with Gasteiger partial charge in [-0.3, -0.25) is 0 Å². The van der Waals surface area contributed by atoms with Crippen LogP contribution in [0.25, 0.3) is 0 Å². The van der Waals surface area contributed by atoms with E-state index in [4.69, 9.17) is 19.7 Å². The summed E-state index contributed by atoms with van der Waals surface area (Å²) in [6.45, 7) is 0.380. The molecular weight excluding hydrogens is 152 g/mol. The number of ether oxygens (including phenoxy) is 2. The molecule has 5 atom stereocenters. The fourth-order valence-electron chi connectivity index (χ4n) is 1.34. The Morgan fingerprint density at radius 1 is 1.09 bits per heavy atom. The number of aliphatic hydroxyl groups excluding tert-OH is 3. The fraction of sp³-hybridized carbons (Fsp3) is 1.00. The Morgan fingerprint density at radius 3 is 2.36 bits per heavy atom. The minimum atomic E-state index is -1.28. The van der Waals surface area contributed by atoms with Crippen LogP contribution in [-0.4, -0.2) is 52.6 Å². The third kappa shape index (κ3) is 0.969. The second-order valence-electron chi connectivity index (χ2n) is 2.84. The van der Waals surface area contributed by atoms with E-state index < -0.39 is 24.6 Å². The lowest BCUT2D eigenvalue weighted by Gasteiger charge is -2.46. The van der Waals surface area contributed by atoms with Crippen molar-refractivity contribution in [3.63, 3.8) is 0 Å². The molecule has 3 N–H and O–H groups in total.